The number of amides is 1. The number of carbonyl (C=O) groups is 1. The van der Waals surface area contributed by atoms with E-state index in [1.165, 1.54) is 11.3 Å². The van der Waals surface area contributed by atoms with Gasteiger partial charge in [0.05, 0.1) is 11.6 Å². The molecule has 1 aromatic heterocycles. The average Bonchev–Trinajstić information content (AvgIpc) is 2.63. The van der Waals surface area contributed by atoms with E-state index in [2.05, 4.69) is 11.2 Å². The normalized spacial score (nSPS) is 11.8. The quantitative estimate of drug-likeness (QED) is 0.778. The van der Waals surface area contributed by atoms with Crippen molar-refractivity contribution < 1.29 is 4.79 Å². The van der Waals surface area contributed by atoms with E-state index in [0.717, 1.165) is 24.0 Å². The Hall–Kier alpha value is -1.27. The zero-order chi connectivity index (χ0) is 11.3. The van der Waals surface area contributed by atoms with Crippen molar-refractivity contribution in [3.8, 4) is 12.3 Å². The molecular weight excluding hydrogens is 206 g/mol. The molecule has 0 aromatic carbocycles. The van der Waals surface area contributed by atoms with Crippen LogP contribution >= 0.6 is 11.3 Å². The minimum absolute atomic E-state index is 0.0647. The Morgan fingerprint density at radius 2 is 2.40 bits per heavy atom. The van der Waals surface area contributed by atoms with Gasteiger partial charge in [-0.3, -0.25) is 4.79 Å². The van der Waals surface area contributed by atoms with Gasteiger partial charge >= 0.3 is 0 Å². The Labute approximate surface area is 94.7 Å². The fourth-order valence-corrected chi connectivity index (χ4v) is 2.14. The number of rotatable bonds is 4. The zero-order valence-corrected chi connectivity index (χ0v) is 9.86. The number of carbonyl (C=O) groups excluding carboxylic acids is 1. The Kier molecular flexibility index (Phi) is 4.38. The van der Waals surface area contributed by atoms with Crippen LogP contribution in [-0.2, 0) is 0 Å². The van der Waals surface area contributed by atoms with Crippen molar-refractivity contribution in [1.29, 1.82) is 0 Å². The lowest BCUT2D eigenvalue weighted by Crippen LogP contribution is -2.33. The van der Waals surface area contributed by atoms with Crippen LogP contribution in [0.2, 0.25) is 0 Å². The summed E-state index contributed by atoms with van der Waals surface area (Å²) in [5.41, 5.74) is 1.74. The molecule has 1 atom stereocenters. The third-order valence-corrected chi connectivity index (χ3v) is 3.05. The molecule has 0 aliphatic heterocycles. The van der Waals surface area contributed by atoms with E-state index in [-0.39, 0.29) is 11.9 Å². The van der Waals surface area contributed by atoms with Crippen molar-refractivity contribution in [2.45, 2.75) is 32.7 Å². The number of nitrogens with one attached hydrogen (secondary N) is 1. The molecule has 0 spiro atoms. The highest BCUT2D eigenvalue weighted by Gasteiger charge is 2.13. The third kappa shape index (κ3) is 3.10. The van der Waals surface area contributed by atoms with Gasteiger partial charge in [0.2, 0.25) is 0 Å². The van der Waals surface area contributed by atoms with Crippen LogP contribution in [0.3, 0.4) is 0 Å². The first-order chi connectivity index (χ1) is 7.19. The molecule has 1 unspecified atom stereocenters. The molecule has 15 heavy (non-hydrogen) atoms. The standard InChI is InChI=1S/C12H15NOS/c1-4-6-10(5-2)13-12(14)11-8-15-7-9(11)3/h2,7-8,10H,4,6H2,1,3H3,(H,13,14). The van der Waals surface area contributed by atoms with Gasteiger partial charge in [-0.1, -0.05) is 19.3 Å². The smallest absolute Gasteiger partial charge is 0.253 e. The molecule has 3 heteroatoms. The molecule has 0 aliphatic carbocycles. The van der Waals surface area contributed by atoms with Crippen molar-refractivity contribution in [2.75, 3.05) is 0 Å². The summed E-state index contributed by atoms with van der Waals surface area (Å²) in [4.78, 5) is 11.8. The summed E-state index contributed by atoms with van der Waals surface area (Å²) < 4.78 is 0. The van der Waals surface area contributed by atoms with E-state index < -0.39 is 0 Å². The zero-order valence-electron chi connectivity index (χ0n) is 9.04. The average molecular weight is 221 g/mol. The molecule has 1 amide bonds. The molecule has 0 aliphatic rings. The minimum atomic E-state index is -0.151. The second-order valence-corrected chi connectivity index (χ2v) is 4.19. The van der Waals surface area contributed by atoms with Gasteiger partial charge in [0, 0.05) is 5.38 Å². The summed E-state index contributed by atoms with van der Waals surface area (Å²) in [6, 6.07) is -0.151. The van der Waals surface area contributed by atoms with Crippen LogP contribution in [0, 0.1) is 19.3 Å². The molecule has 80 valence electrons. The molecule has 0 saturated carbocycles. The summed E-state index contributed by atoms with van der Waals surface area (Å²) in [6.45, 7) is 3.97. The van der Waals surface area contributed by atoms with Gasteiger partial charge in [-0.2, -0.15) is 11.3 Å². The largest absolute Gasteiger partial charge is 0.338 e. The summed E-state index contributed by atoms with van der Waals surface area (Å²) in [7, 11) is 0. The molecule has 0 bridgehead atoms. The Bertz CT molecular complexity index is 375. The molecule has 0 fully saturated rings. The number of terminal acetylenes is 1. The topological polar surface area (TPSA) is 29.1 Å². The lowest BCUT2D eigenvalue weighted by molar-refractivity contribution is 0.0944. The van der Waals surface area contributed by atoms with Gasteiger partial charge in [-0.15, -0.1) is 6.42 Å². The van der Waals surface area contributed by atoms with Gasteiger partial charge < -0.3 is 5.32 Å². The van der Waals surface area contributed by atoms with E-state index >= 15 is 0 Å². The predicted molar refractivity (Wildman–Crippen MR) is 64.1 cm³/mol. The maximum atomic E-state index is 11.8. The Morgan fingerprint density at radius 1 is 1.67 bits per heavy atom. The number of aryl methyl sites for hydroxylation is 1. The van der Waals surface area contributed by atoms with E-state index in [4.69, 9.17) is 6.42 Å². The van der Waals surface area contributed by atoms with Gasteiger partial charge in [-0.05, 0) is 24.3 Å². The van der Waals surface area contributed by atoms with Gasteiger partial charge in [0.1, 0.15) is 0 Å². The number of thiophene rings is 1. The maximum absolute atomic E-state index is 11.8. The van der Waals surface area contributed by atoms with Crippen molar-refractivity contribution in [3.05, 3.63) is 21.9 Å². The third-order valence-electron chi connectivity index (χ3n) is 2.18. The van der Waals surface area contributed by atoms with Crippen LogP contribution in [0.1, 0.15) is 35.7 Å². The monoisotopic (exact) mass is 221 g/mol. The number of hydrogen-bond acceptors (Lipinski definition) is 2. The van der Waals surface area contributed by atoms with Crippen molar-refractivity contribution in [2.24, 2.45) is 0 Å². The SMILES string of the molecule is C#CC(CCC)NC(=O)c1cscc1C. The Morgan fingerprint density at radius 3 is 2.87 bits per heavy atom. The van der Waals surface area contributed by atoms with E-state index in [0.29, 0.717) is 0 Å². The summed E-state index contributed by atoms with van der Waals surface area (Å²) in [6.07, 6.45) is 7.13. The summed E-state index contributed by atoms with van der Waals surface area (Å²) in [5, 5.41) is 6.65. The summed E-state index contributed by atoms with van der Waals surface area (Å²) in [5.74, 6) is 2.52. The fourth-order valence-electron chi connectivity index (χ4n) is 1.31. The molecule has 2 nitrogen and oxygen atoms in total. The minimum Gasteiger partial charge on any atom is -0.338 e. The first-order valence-electron chi connectivity index (χ1n) is 4.98. The molecule has 1 aromatic rings. The second kappa shape index (κ2) is 5.57. The van der Waals surface area contributed by atoms with Crippen molar-refractivity contribution >= 4 is 17.2 Å². The lowest BCUT2D eigenvalue weighted by atomic mass is 10.1. The van der Waals surface area contributed by atoms with Crippen LogP contribution in [0.25, 0.3) is 0 Å². The van der Waals surface area contributed by atoms with E-state index in [1.54, 1.807) is 0 Å². The first kappa shape index (κ1) is 11.8. The van der Waals surface area contributed by atoms with Crippen LogP contribution < -0.4 is 5.32 Å². The van der Waals surface area contributed by atoms with Crippen LogP contribution in [0.5, 0.6) is 0 Å². The fraction of sp³-hybridized carbons (Fsp3) is 0.417. The van der Waals surface area contributed by atoms with Crippen molar-refractivity contribution in [1.82, 2.24) is 5.32 Å². The van der Waals surface area contributed by atoms with Crippen LogP contribution in [0.15, 0.2) is 10.8 Å². The highest BCUT2D eigenvalue weighted by molar-refractivity contribution is 7.08. The molecule has 1 heterocycles. The second-order valence-electron chi connectivity index (χ2n) is 3.45. The maximum Gasteiger partial charge on any atom is 0.253 e. The molecule has 0 radical (unpaired) electrons. The van der Waals surface area contributed by atoms with Crippen LogP contribution in [-0.4, -0.2) is 11.9 Å². The first-order valence-corrected chi connectivity index (χ1v) is 5.93. The summed E-state index contributed by atoms with van der Waals surface area (Å²) >= 11 is 1.53. The predicted octanol–water partition coefficient (Wildman–Crippen LogP) is 2.59. The molecule has 0 saturated heterocycles. The Balaban J connectivity index is 2.64. The number of hydrogen-bond donors (Lipinski definition) is 1. The van der Waals surface area contributed by atoms with Gasteiger partial charge in [0.15, 0.2) is 0 Å². The van der Waals surface area contributed by atoms with Crippen molar-refractivity contribution in [3.63, 3.8) is 0 Å². The van der Waals surface area contributed by atoms with Gasteiger partial charge in [0.25, 0.3) is 5.91 Å². The highest BCUT2D eigenvalue weighted by Crippen LogP contribution is 2.13. The molecular formula is C12H15NOS. The highest BCUT2D eigenvalue weighted by atomic mass is 32.1. The molecule has 1 N–H and O–H groups in total. The molecule has 1 rings (SSSR count). The van der Waals surface area contributed by atoms with Crippen LogP contribution in [0.4, 0.5) is 0 Å². The van der Waals surface area contributed by atoms with Gasteiger partial charge in [-0.25, -0.2) is 0 Å². The van der Waals surface area contributed by atoms with E-state index in [9.17, 15) is 4.79 Å². The van der Waals surface area contributed by atoms with E-state index in [1.807, 2.05) is 24.6 Å². The lowest BCUT2D eigenvalue weighted by Gasteiger charge is -2.11.